The van der Waals surface area contributed by atoms with Crippen molar-refractivity contribution in [2.24, 2.45) is 16.7 Å². The summed E-state index contributed by atoms with van der Waals surface area (Å²) in [7, 11) is 0. The van der Waals surface area contributed by atoms with Crippen molar-refractivity contribution in [2.75, 3.05) is 32.8 Å². The lowest BCUT2D eigenvalue weighted by molar-refractivity contribution is -0.223. The Labute approximate surface area is 279 Å². The second-order valence-corrected chi connectivity index (χ2v) is 15.5. The molecule has 3 fully saturated rings. The van der Waals surface area contributed by atoms with Crippen LogP contribution in [0.25, 0.3) is 0 Å². The molecule has 3 aliphatic rings. The molecule has 2 heterocycles. The Hall–Kier alpha value is -3.05. The molecule has 6 nitrogen and oxygen atoms in total. The summed E-state index contributed by atoms with van der Waals surface area (Å²) >= 11 is 0. The second kappa shape index (κ2) is 13.3. The molecule has 0 N–H and O–H groups in total. The predicted octanol–water partition coefficient (Wildman–Crippen LogP) is 8.00. The Morgan fingerprint density at radius 1 is 0.896 bits per heavy atom. The van der Waals surface area contributed by atoms with Crippen LogP contribution in [0.4, 0.5) is 22.0 Å². The predicted molar refractivity (Wildman–Crippen MR) is 171 cm³/mol. The fourth-order valence-corrected chi connectivity index (χ4v) is 7.39. The first-order chi connectivity index (χ1) is 22.3. The first-order valence-electron chi connectivity index (χ1n) is 16.7. The highest BCUT2D eigenvalue weighted by Gasteiger charge is 2.61. The summed E-state index contributed by atoms with van der Waals surface area (Å²) < 4.78 is 81.2. The van der Waals surface area contributed by atoms with Crippen LogP contribution < -0.4 is 0 Å². The molecule has 1 atom stereocenters. The van der Waals surface area contributed by atoms with Gasteiger partial charge >= 0.3 is 12.1 Å². The number of carbonyl (C=O) groups is 2. The lowest BCUT2D eigenvalue weighted by Gasteiger charge is -2.53. The molecule has 0 radical (unpaired) electrons. The molecule has 1 aliphatic carbocycles. The van der Waals surface area contributed by atoms with Crippen LogP contribution in [0.5, 0.6) is 0 Å². The van der Waals surface area contributed by atoms with E-state index in [1.54, 1.807) is 26.8 Å². The summed E-state index contributed by atoms with van der Waals surface area (Å²) in [5, 5.41) is 0. The molecule has 0 unspecified atom stereocenters. The van der Waals surface area contributed by atoms with Gasteiger partial charge in [0.1, 0.15) is 11.0 Å². The first kappa shape index (κ1) is 36.2. The smallest absolute Gasteiger partial charge is 0.402 e. The van der Waals surface area contributed by atoms with Crippen LogP contribution in [-0.2, 0) is 27.4 Å². The number of likely N-dealkylation sites (tertiary alicyclic amines) is 2. The lowest BCUT2D eigenvalue weighted by atomic mass is 9.70. The molecule has 1 saturated carbocycles. The van der Waals surface area contributed by atoms with Crippen LogP contribution >= 0.6 is 0 Å². The molecule has 264 valence electrons. The van der Waals surface area contributed by atoms with Crippen molar-refractivity contribution in [3.05, 3.63) is 70.8 Å². The largest absolute Gasteiger partial charge is 0.456 e. The number of benzene rings is 2. The quantitative estimate of drug-likeness (QED) is 0.199. The molecule has 2 saturated heterocycles. The summed E-state index contributed by atoms with van der Waals surface area (Å²) in [5.74, 6) is -4.45. The minimum Gasteiger partial charge on any atom is -0.456 e. The highest BCUT2D eigenvalue weighted by Crippen LogP contribution is 2.48. The van der Waals surface area contributed by atoms with Gasteiger partial charge in [0.2, 0.25) is 11.8 Å². The molecule has 2 aliphatic heterocycles. The van der Waals surface area contributed by atoms with Gasteiger partial charge in [0.05, 0.1) is 18.8 Å². The molecule has 5 rings (SSSR count). The zero-order valence-electron chi connectivity index (χ0n) is 28.5. The maximum Gasteiger partial charge on any atom is 0.402 e. The van der Waals surface area contributed by atoms with Crippen molar-refractivity contribution in [1.82, 2.24) is 9.80 Å². The Kier molecular flexibility index (Phi) is 10.1. The first-order valence-corrected chi connectivity index (χ1v) is 16.7. The number of rotatable bonds is 9. The van der Waals surface area contributed by atoms with E-state index in [2.05, 4.69) is 4.90 Å². The van der Waals surface area contributed by atoms with Crippen LogP contribution in [0, 0.1) is 16.7 Å². The molecule has 48 heavy (non-hydrogen) atoms. The van der Waals surface area contributed by atoms with E-state index in [0.717, 1.165) is 19.4 Å². The molecule has 11 heteroatoms. The zero-order valence-corrected chi connectivity index (χ0v) is 28.5. The van der Waals surface area contributed by atoms with Gasteiger partial charge in [-0.05, 0) is 70.1 Å². The van der Waals surface area contributed by atoms with Gasteiger partial charge in [-0.1, -0.05) is 48.5 Å². The Balaban J connectivity index is 1.34. The Morgan fingerprint density at radius 3 is 2.15 bits per heavy atom. The number of halogens is 5. The zero-order chi connectivity index (χ0) is 35.1. The average Bonchev–Trinajstić information content (AvgIpc) is 3.33. The van der Waals surface area contributed by atoms with E-state index in [1.165, 1.54) is 4.90 Å². The second-order valence-electron chi connectivity index (χ2n) is 15.5. The summed E-state index contributed by atoms with van der Waals surface area (Å²) in [4.78, 5) is 30.1. The number of amides is 1. The topological polar surface area (TPSA) is 59.1 Å². The van der Waals surface area contributed by atoms with Gasteiger partial charge in [-0.25, -0.2) is 13.6 Å². The van der Waals surface area contributed by atoms with Crippen LogP contribution in [0.15, 0.2) is 48.5 Å². The minimum atomic E-state index is -4.66. The third-order valence-corrected chi connectivity index (χ3v) is 10.2. The molecule has 2 aromatic carbocycles. The average molecular weight is 679 g/mol. The summed E-state index contributed by atoms with van der Waals surface area (Å²) in [6.45, 7) is 9.81. The van der Waals surface area contributed by atoms with Crippen molar-refractivity contribution in [3.63, 3.8) is 0 Å². The van der Waals surface area contributed by atoms with Crippen LogP contribution in [0.1, 0.15) is 93.3 Å². The number of nitrogens with zero attached hydrogens (tertiary/aromatic N) is 2. The minimum absolute atomic E-state index is 0.0698. The van der Waals surface area contributed by atoms with Crippen LogP contribution in [-0.4, -0.2) is 72.2 Å². The lowest BCUT2D eigenvalue weighted by Crippen LogP contribution is -2.65. The van der Waals surface area contributed by atoms with Crippen LogP contribution in [0.3, 0.4) is 0 Å². The van der Waals surface area contributed by atoms with E-state index in [0.29, 0.717) is 36.3 Å². The van der Waals surface area contributed by atoms with Gasteiger partial charge in [0, 0.05) is 56.9 Å². The Morgan fingerprint density at radius 2 is 1.54 bits per heavy atom. The fourth-order valence-electron chi connectivity index (χ4n) is 7.39. The summed E-state index contributed by atoms with van der Waals surface area (Å²) in [6.07, 6.45) is -4.63. The maximum atomic E-state index is 14.0. The van der Waals surface area contributed by atoms with Gasteiger partial charge in [-0.2, -0.15) is 13.2 Å². The molecular formula is C37H47F5N2O4. The number of alkyl halides is 5. The normalized spacial score (nSPS) is 21.7. The van der Waals surface area contributed by atoms with Gasteiger partial charge < -0.3 is 14.4 Å². The highest BCUT2D eigenvalue weighted by atomic mass is 19.4. The third-order valence-electron chi connectivity index (χ3n) is 10.2. The molecular weight excluding hydrogens is 631 g/mol. The maximum absolute atomic E-state index is 14.0. The van der Waals surface area contributed by atoms with Crippen molar-refractivity contribution in [3.8, 4) is 0 Å². The van der Waals surface area contributed by atoms with Crippen LogP contribution in [0.2, 0.25) is 0 Å². The van der Waals surface area contributed by atoms with Gasteiger partial charge in [-0.3, -0.25) is 9.69 Å². The number of carbonyl (C=O) groups excluding carboxylic acids is 2. The molecule has 1 amide bonds. The van der Waals surface area contributed by atoms with E-state index < -0.39 is 40.4 Å². The van der Waals surface area contributed by atoms with E-state index in [-0.39, 0.29) is 63.8 Å². The summed E-state index contributed by atoms with van der Waals surface area (Å²) in [5.41, 5.74) is -0.940. The van der Waals surface area contributed by atoms with Gasteiger partial charge in [0.25, 0.3) is 0 Å². The fraction of sp³-hybridized carbons (Fsp3) is 0.622. The highest BCUT2D eigenvalue weighted by molar-refractivity contribution is 5.93. The number of esters is 1. The van der Waals surface area contributed by atoms with E-state index >= 15 is 0 Å². The van der Waals surface area contributed by atoms with Crippen molar-refractivity contribution < 1.29 is 41.0 Å². The van der Waals surface area contributed by atoms with E-state index in [1.807, 2.05) is 42.5 Å². The van der Waals surface area contributed by atoms with E-state index in [9.17, 15) is 31.5 Å². The number of hydrogen-bond acceptors (Lipinski definition) is 5. The molecule has 1 spiro atoms. The standard InChI is InChI=1S/C37H47F5N2O4/c1-33(2,3)48-31(45)30-27(12-9-13-29(30)26-14-16-36(38,39)17-15-26)20-47-21-28-19-43(18-25-10-7-6-8-11-25)22-35(28)23-44(24-35)32(46)34(4,5)37(40,41)42/h6-13,26,28H,14-24H2,1-5H3/t28-/m0/s1. The van der Waals surface area contributed by atoms with Crippen molar-refractivity contribution in [2.45, 2.75) is 97.1 Å². The van der Waals surface area contributed by atoms with E-state index in [4.69, 9.17) is 9.47 Å². The molecule has 2 aromatic rings. The molecule has 0 aromatic heterocycles. The molecule has 0 bridgehead atoms. The van der Waals surface area contributed by atoms with Gasteiger partial charge in [0.15, 0.2) is 0 Å². The van der Waals surface area contributed by atoms with Crippen molar-refractivity contribution >= 4 is 11.9 Å². The summed E-state index contributed by atoms with van der Waals surface area (Å²) in [6, 6.07) is 15.3. The number of ether oxygens (including phenoxy) is 2. The van der Waals surface area contributed by atoms with Gasteiger partial charge in [-0.15, -0.1) is 0 Å². The monoisotopic (exact) mass is 678 g/mol. The van der Waals surface area contributed by atoms with Crippen molar-refractivity contribution in [1.29, 1.82) is 0 Å². The third kappa shape index (κ3) is 7.88. The Bertz CT molecular complexity index is 1450. The SMILES string of the molecule is CC(C)(C)OC(=O)c1c(COC[C@@H]2CN(Cc3ccccc3)CC23CN(C(=O)C(C)(C)C(F)(F)F)C3)cccc1C1CCC(F)(F)CC1. The number of hydrogen-bond donors (Lipinski definition) is 0.